The van der Waals surface area contributed by atoms with E-state index in [1.165, 1.54) is 0 Å². The Balaban J connectivity index is 2.61. The highest BCUT2D eigenvalue weighted by Gasteiger charge is 2.53. The van der Waals surface area contributed by atoms with Crippen molar-refractivity contribution in [2.24, 2.45) is 11.8 Å². The lowest BCUT2D eigenvalue weighted by Crippen LogP contribution is -2.35. The van der Waals surface area contributed by atoms with Crippen molar-refractivity contribution in [1.29, 1.82) is 0 Å². The van der Waals surface area contributed by atoms with Crippen molar-refractivity contribution in [2.45, 2.75) is 12.4 Å². The average molecular weight is 323 g/mol. The molecule has 0 radical (unpaired) electrons. The van der Waals surface area contributed by atoms with Crippen molar-refractivity contribution in [3.05, 3.63) is 0 Å². The molecule has 0 aromatic carbocycles. The van der Waals surface area contributed by atoms with Crippen LogP contribution in [0, 0.1) is 11.8 Å². The number of nitrogens with zero attached hydrogens (tertiary/aromatic N) is 1. The number of hydrogen-bond acceptors (Lipinski definition) is 3. The standard InChI is InChI=1S/C10H11F6NO4/c11-9(12,13)4-21-3-7(18)17-1-5(8(19)20)6(2-17)10(14,15)16/h5-6H,1-4H2,(H,19,20)/t5-,6-/m1/s1. The highest BCUT2D eigenvalue weighted by Crippen LogP contribution is 2.37. The van der Waals surface area contributed by atoms with Crippen LogP contribution in [0.4, 0.5) is 26.3 Å². The molecule has 1 rings (SSSR count). The fourth-order valence-corrected chi connectivity index (χ4v) is 1.93. The van der Waals surface area contributed by atoms with Gasteiger partial charge in [0, 0.05) is 13.1 Å². The van der Waals surface area contributed by atoms with Gasteiger partial charge in [-0.05, 0) is 0 Å². The van der Waals surface area contributed by atoms with Gasteiger partial charge in [-0.25, -0.2) is 0 Å². The minimum Gasteiger partial charge on any atom is -0.481 e. The van der Waals surface area contributed by atoms with Crippen LogP contribution in [0.5, 0.6) is 0 Å². The van der Waals surface area contributed by atoms with Crippen molar-refractivity contribution in [3.63, 3.8) is 0 Å². The molecule has 0 bridgehead atoms. The van der Waals surface area contributed by atoms with Crippen molar-refractivity contribution in [1.82, 2.24) is 4.90 Å². The van der Waals surface area contributed by atoms with Gasteiger partial charge < -0.3 is 14.7 Å². The molecule has 11 heteroatoms. The van der Waals surface area contributed by atoms with Gasteiger partial charge in [-0.15, -0.1) is 0 Å². The number of rotatable bonds is 4. The number of alkyl halides is 6. The summed E-state index contributed by atoms with van der Waals surface area (Å²) in [5, 5.41) is 8.71. The summed E-state index contributed by atoms with van der Waals surface area (Å²) < 4.78 is 77.3. The van der Waals surface area contributed by atoms with Gasteiger partial charge >= 0.3 is 18.3 Å². The molecule has 122 valence electrons. The molecule has 1 amide bonds. The van der Waals surface area contributed by atoms with Gasteiger partial charge in [0.15, 0.2) is 0 Å². The molecule has 0 aromatic rings. The Kier molecular flexibility index (Phi) is 5.07. The van der Waals surface area contributed by atoms with Crippen molar-refractivity contribution >= 4 is 11.9 Å². The van der Waals surface area contributed by atoms with Crippen LogP contribution in [0.15, 0.2) is 0 Å². The summed E-state index contributed by atoms with van der Waals surface area (Å²) in [7, 11) is 0. The highest BCUT2D eigenvalue weighted by atomic mass is 19.4. The Labute approximate surface area is 114 Å². The second kappa shape index (κ2) is 6.08. The van der Waals surface area contributed by atoms with Crippen molar-refractivity contribution < 1.29 is 45.8 Å². The summed E-state index contributed by atoms with van der Waals surface area (Å²) in [5.41, 5.74) is 0. The summed E-state index contributed by atoms with van der Waals surface area (Å²) in [5.74, 6) is -6.92. The fraction of sp³-hybridized carbons (Fsp3) is 0.800. The maximum atomic E-state index is 12.6. The molecule has 0 spiro atoms. The summed E-state index contributed by atoms with van der Waals surface area (Å²) in [4.78, 5) is 22.7. The Bertz CT molecular complexity index is 407. The Morgan fingerprint density at radius 1 is 1.14 bits per heavy atom. The fourth-order valence-electron chi connectivity index (χ4n) is 1.93. The van der Waals surface area contributed by atoms with E-state index in [1.54, 1.807) is 0 Å². The third-order valence-electron chi connectivity index (χ3n) is 2.90. The van der Waals surface area contributed by atoms with Crippen LogP contribution >= 0.6 is 0 Å². The first kappa shape index (κ1) is 17.5. The number of carboxylic acid groups (broad SMARTS) is 1. The summed E-state index contributed by atoms with van der Waals surface area (Å²) in [6, 6.07) is 0. The monoisotopic (exact) mass is 323 g/mol. The highest BCUT2D eigenvalue weighted by molar-refractivity contribution is 5.80. The molecule has 2 atom stereocenters. The number of likely N-dealkylation sites (tertiary alicyclic amines) is 1. The van der Waals surface area contributed by atoms with Gasteiger partial charge in [0.2, 0.25) is 5.91 Å². The average Bonchev–Trinajstić information content (AvgIpc) is 2.71. The summed E-state index contributed by atoms with van der Waals surface area (Å²) >= 11 is 0. The first-order valence-corrected chi connectivity index (χ1v) is 5.63. The van der Waals surface area contributed by atoms with E-state index in [0.29, 0.717) is 4.90 Å². The van der Waals surface area contributed by atoms with Gasteiger partial charge in [0.1, 0.15) is 13.2 Å². The minimum atomic E-state index is -4.81. The number of ether oxygens (including phenoxy) is 1. The third-order valence-corrected chi connectivity index (χ3v) is 2.90. The van der Waals surface area contributed by atoms with Crippen LogP contribution in [-0.2, 0) is 14.3 Å². The van der Waals surface area contributed by atoms with Crippen molar-refractivity contribution in [2.75, 3.05) is 26.3 Å². The van der Waals surface area contributed by atoms with Crippen LogP contribution in [-0.4, -0.2) is 60.5 Å². The van der Waals surface area contributed by atoms with E-state index < -0.39 is 62.4 Å². The molecule has 1 saturated heterocycles. The first-order chi connectivity index (χ1) is 9.42. The predicted molar refractivity (Wildman–Crippen MR) is 54.1 cm³/mol. The summed E-state index contributed by atoms with van der Waals surface area (Å²) in [6.07, 6.45) is -9.48. The van der Waals surface area contributed by atoms with E-state index in [9.17, 15) is 35.9 Å². The normalized spacial score (nSPS) is 23.4. The quantitative estimate of drug-likeness (QED) is 0.792. The lowest BCUT2D eigenvalue weighted by molar-refractivity contribution is -0.188. The number of carbonyl (C=O) groups excluding carboxylic acids is 1. The summed E-state index contributed by atoms with van der Waals surface area (Å²) in [6.45, 7) is -4.39. The Morgan fingerprint density at radius 3 is 2.10 bits per heavy atom. The van der Waals surface area contributed by atoms with Crippen LogP contribution in [0.1, 0.15) is 0 Å². The molecule has 1 heterocycles. The topological polar surface area (TPSA) is 66.8 Å². The molecule has 0 aliphatic carbocycles. The molecule has 1 aliphatic rings. The second-order valence-electron chi connectivity index (χ2n) is 4.50. The number of carbonyl (C=O) groups is 2. The van der Waals surface area contributed by atoms with Gasteiger partial charge in [-0.3, -0.25) is 9.59 Å². The molecule has 21 heavy (non-hydrogen) atoms. The van der Waals surface area contributed by atoms with E-state index >= 15 is 0 Å². The largest absolute Gasteiger partial charge is 0.481 e. The number of amides is 1. The predicted octanol–water partition coefficient (Wildman–Crippen LogP) is 1.29. The lowest BCUT2D eigenvalue weighted by Gasteiger charge is -2.18. The number of hydrogen-bond donors (Lipinski definition) is 1. The zero-order valence-electron chi connectivity index (χ0n) is 10.4. The molecule has 1 fully saturated rings. The molecule has 1 aliphatic heterocycles. The smallest absolute Gasteiger partial charge is 0.411 e. The Morgan fingerprint density at radius 2 is 1.71 bits per heavy atom. The van der Waals surface area contributed by atoms with Crippen LogP contribution in [0.2, 0.25) is 0 Å². The molecule has 0 aromatic heterocycles. The number of carboxylic acids is 1. The van der Waals surface area contributed by atoms with Gasteiger partial charge in [0.05, 0.1) is 11.8 Å². The van der Waals surface area contributed by atoms with E-state index in [0.717, 1.165) is 0 Å². The SMILES string of the molecule is O=C(O)[C@@H]1CN(C(=O)COCC(F)(F)F)C[C@H]1C(F)(F)F. The number of aliphatic carboxylic acids is 1. The zero-order chi connectivity index (χ0) is 16.4. The number of halogens is 6. The molecular formula is C10H11F6NO4. The molecule has 1 N–H and O–H groups in total. The van der Waals surface area contributed by atoms with Crippen LogP contribution < -0.4 is 0 Å². The lowest BCUT2D eigenvalue weighted by atomic mass is 9.96. The van der Waals surface area contributed by atoms with E-state index in [4.69, 9.17) is 5.11 Å². The molecule has 5 nitrogen and oxygen atoms in total. The first-order valence-electron chi connectivity index (χ1n) is 5.63. The molecule has 0 saturated carbocycles. The van der Waals surface area contributed by atoms with Crippen molar-refractivity contribution in [3.8, 4) is 0 Å². The van der Waals surface area contributed by atoms with E-state index in [1.807, 2.05) is 0 Å². The van der Waals surface area contributed by atoms with Crippen LogP contribution in [0.25, 0.3) is 0 Å². The van der Waals surface area contributed by atoms with Gasteiger partial charge in [-0.2, -0.15) is 26.3 Å². The maximum absolute atomic E-state index is 12.6. The Hall–Kier alpha value is -1.52. The minimum absolute atomic E-state index is 0.549. The molecular weight excluding hydrogens is 312 g/mol. The second-order valence-corrected chi connectivity index (χ2v) is 4.50. The van der Waals surface area contributed by atoms with E-state index in [-0.39, 0.29) is 0 Å². The van der Waals surface area contributed by atoms with Gasteiger partial charge in [0.25, 0.3) is 0 Å². The zero-order valence-corrected chi connectivity index (χ0v) is 10.4. The third kappa shape index (κ3) is 5.06. The van der Waals surface area contributed by atoms with Gasteiger partial charge in [-0.1, -0.05) is 0 Å². The van der Waals surface area contributed by atoms with Crippen LogP contribution in [0.3, 0.4) is 0 Å². The molecule has 0 unspecified atom stereocenters. The maximum Gasteiger partial charge on any atom is 0.411 e. The van der Waals surface area contributed by atoms with E-state index in [2.05, 4.69) is 4.74 Å².